The van der Waals surface area contributed by atoms with Crippen LogP contribution in [0.4, 0.5) is 0 Å². The Morgan fingerprint density at radius 1 is 0.950 bits per heavy atom. The van der Waals surface area contributed by atoms with E-state index >= 15 is 0 Å². The van der Waals surface area contributed by atoms with E-state index in [0.29, 0.717) is 17.9 Å². The van der Waals surface area contributed by atoms with Gasteiger partial charge in [0.05, 0.1) is 11.0 Å². The summed E-state index contributed by atoms with van der Waals surface area (Å²) in [6, 6.07) is 10.6. The SMILES string of the molecule is N#CCCCCCCCCNS(=O)(=O)c1ccccc1. The molecule has 1 rings (SSSR count). The van der Waals surface area contributed by atoms with Gasteiger partial charge in [0.15, 0.2) is 0 Å². The van der Waals surface area contributed by atoms with Gasteiger partial charge >= 0.3 is 0 Å². The lowest BCUT2D eigenvalue weighted by Crippen LogP contribution is -2.24. The van der Waals surface area contributed by atoms with E-state index in [-0.39, 0.29) is 0 Å². The molecule has 1 aromatic rings. The number of sulfonamides is 1. The molecule has 0 aliphatic heterocycles. The Morgan fingerprint density at radius 2 is 1.55 bits per heavy atom. The molecule has 110 valence electrons. The molecule has 0 aromatic heterocycles. The normalized spacial score (nSPS) is 11.2. The number of hydrogen-bond donors (Lipinski definition) is 1. The van der Waals surface area contributed by atoms with E-state index in [0.717, 1.165) is 38.5 Å². The van der Waals surface area contributed by atoms with E-state index in [1.54, 1.807) is 30.3 Å². The Morgan fingerprint density at radius 3 is 2.20 bits per heavy atom. The monoisotopic (exact) mass is 294 g/mol. The third-order valence-corrected chi connectivity index (χ3v) is 4.54. The number of hydrogen-bond acceptors (Lipinski definition) is 3. The van der Waals surface area contributed by atoms with E-state index in [1.165, 1.54) is 0 Å². The highest BCUT2D eigenvalue weighted by Gasteiger charge is 2.11. The second-order valence-electron chi connectivity index (χ2n) is 4.74. The van der Waals surface area contributed by atoms with Crippen molar-refractivity contribution >= 4 is 10.0 Å². The minimum absolute atomic E-state index is 0.316. The lowest BCUT2D eigenvalue weighted by molar-refractivity contribution is 0.566. The molecule has 0 spiro atoms. The zero-order valence-corrected chi connectivity index (χ0v) is 12.5. The Kier molecular flexibility index (Phi) is 7.93. The molecule has 0 unspecified atom stereocenters. The van der Waals surface area contributed by atoms with Gasteiger partial charge in [0.2, 0.25) is 10.0 Å². The average molecular weight is 294 g/mol. The Labute approximate surface area is 121 Å². The fraction of sp³-hybridized carbons (Fsp3) is 0.533. The Hall–Kier alpha value is -1.38. The van der Waals surface area contributed by atoms with Crippen molar-refractivity contribution in [1.29, 1.82) is 5.26 Å². The first-order valence-electron chi connectivity index (χ1n) is 7.08. The highest BCUT2D eigenvalue weighted by Crippen LogP contribution is 2.09. The molecule has 20 heavy (non-hydrogen) atoms. The number of unbranched alkanes of at least 4 members (excludes halogenated alkanes) is 6. The Bertz CT molecular complexity index is 506. The van der Waals surface area contributed by atoms with Gasteiger partial charge in [-0.1, -0.05) is 43.9 Å². The molecule has 0 bridgehead atoms. The van der Waals surface area contributed by atoms with Crippen LogP contribution in [0, 0.1) is 11.3 Å². The van der Waals surface area contributed by atoms with E-state index < -0.39 is 10.0 Å². The number of nitrogens with zero attached hydrogens (tertiary/aromatic N) is 1. The molecule has 4 nitrogen and oxygen atoms in total. The molecular weight excluding hydrogens is 272 g/mol. The lowest BCUT2D eigenvalue weighted by Gasteiger charge is -2.06. The summed E-state index contributed by atoms with van der Waals surface area (Å²) in [6.07, 6.45) is 6.77. The molecule has 1 aromatic carbocycles. The predicted octanol–water partition coefficient (Wildman–Crippen LogP) is 3.22. The molecule has 0 heterocycles. The molecule has 0 amide bonds. The van der Waals surface area contributed by atoms with Crippen molar-refractivity contribution < 1.29 is 8.42 Å². The summed E-state index contributed by atoms with van der Waals surface area (Å²) in [5, 5.41) is 8.39. The minimum atomic E-state index is -3.35. The summed E-state index contributed by atoms with van der Waals surface area (Å²) in [5.41, 5.74) is 0. The van der Waals surface area contributed by atoms with Crippen LogP contribution >= 0.6 is 0 Å². The lowest BCUT2D eigenvalue weighted by atomic mass is 10.1. The molecule has 5 heteroatoms. The first-order chi connectivity index (χ1) is 9.67. The zero-order chi connectivity index (χ0) is 14.7. The second kappa shape index (κ2) is 9.51. The molecule has 0 saturated heterocycles. The van der Waals surface area contributed by atoms with Crippen LogP contribution in [0.1, 0.15) is 44.9 Å². The maximum absolute atomic E-state index is 11.9. The van der Waals surface area contributed by atoms with Crippen molar-refractivity contribution in [2.75, 3.05) is 6.54 Å². The van der Waals surface area contributed by atoms with Gasteiger partial charge in [0.1, 0.15) is 0 Å². The highest BCUT2D eigenvalue weighted by atomic mass is 32.2. The van der Waals surface area contributed by atoms with Crippen molar-refractivity contribution in [2.24, 2.45) is 0 Å². The maximum Gasteiger partial charge on any atom is 0.240 e. The summed E-state index contributed by atoms with van der Waals surface area (Å²) in [6.45, 7) is 0.482. The van der Waals surface area contributed by atoms with Crippen LogP contribution < -0.4 is 4.72 Å². The van der Waals surface area contributed by atoms with Crippen LogP contribution in [0.5, 0.6) is 0 Å². The number of benzene rings is 1. The zero-order valence-electron chi connectivity index (χ0n) is 11.7. The van der Waals surface area contributed by atoms with Gasteiger partial charge in [-0.05, 0) is 25.0 Å². The first-order valence-corrected chi connectivity index (χ1v) is 8.57. The minimum Gasteiger partial charge on any atom is -0.211 e. The predicted molar refractivity (Wildman–Crippen MR) is 79.6 cm³/mol. The highest BCUT2D eigenvalue weighted by molar-refractivity contribution is 7.89. The molecule has 0 fully saturated rings. The van der Waals surface area contributed by atoms with Gasteiger partial charge in [0, 0.05) is 13.0 Å². The van der Waals surface area contributed by atoms with Crippen LogP contribution in [0.15, 0.2) is 35.2 Å². The quantitative estimate of drug-likeness (QED) is 0.674. The van der Waals surface area contributed by atoms with E-state index in [1.807, 2.05) is 0 Å². The number of nitriles is 1. The summed E-state index contributed by atoms with van der Waals surface area (Å²) in [7, 11) is -3.35. The summed E-state index contributed by atoms with van der Waals surface area (Å²) < 4.78 is 26.4. The fourth-order valence-electron chi connectivity index (χ4n) is 1.93. The standard InChI is InChI=1S/C15H22N2O2S/c16-13-9-4-2-1-3-5-10-14-17-20(18,19)15-11-7-6-8-12-15/h6-8,11-12,17H,1-5,9-10,14H2. The second-order valence-corrected chi connectivity index (χ2v) is 6.51. The molecule has 0 aliphatic rings. The molecular formula is C15H22N2O2S. The van der Waals surface area contributed by atoms with Gasteiger partial charge < -0.3 is 0 Å². The first kappa shape index (κ1) is 16.7. The van der Waals surface area contributed by atoms with Crippen molar-refractivity contribution in [3.8, 4) is 6.07 Å². The number of rotatable bonds is 10. The van der Waals surface area contributed by atoms with Crippen LogP contribution in [-0.2, 0) is 10.0 Å². The van der Waals surface area contributed by atoms with Gasteiger partial charge in [-0.2, -0.15) is 5.26 Å². The molecule has 0 atom stereocenters. The van der Waals surface area contributed by atoms with Crippen molar-refractivity contribution in [3.63, 3.8) is 0 Å². The molecule has 0 radical (unpaired) electrons. The summed E-state index contributed by atoms with van der Waals surface area (Å²) in [4.78, 5) is 0.316. The average Bonchev–Trinajstić information content (AvgIpc) is 2.46. The number of nitrogens with one attached hydrogen (secondary N) is 1. The fourth-order valence-corrected chi connectivity index (χ4v) is 3.02. The summed E-state index contributed by atoms with van der Waals surface area (Å²) in [5.74, 6) is 0. The molecule has 1 N–H and O–H groups in total. The van der Waals surface area contributed by atoms with Crippen LogP contribution in [0.3, 0.4) is 0 Å². The van der Waals surface area contributed by atoms with Gasteiger partial charge in [-0.25, -0.2) is 13.1 Å². The van der Waals surface area contributed by atoms with Crippen molar-refractivity contribution in [1.82, 2.24) is 4.72 Å². The smallest absolute Gasteiger partial charge is 0.211 e. The van der Waals surface area contributed by atoms with E-state index in [4.69, 9.17) is 5.26 Å². The van der Waals surface area contributed by atoms with Crippen molar-refractivity contribution in [2.45, 2.75) is 49.8 Å². The largest absolute Gasteiger partial charge is 0.240 e. The summed E-state index contributed by atoms with van der Waals surface area (Å²) >= 11 is 0. The van der Waals surface area contributed by atoms with Crippen LogP contribution in [0.2, 0.25) is 0 Å². The van der Waals surface area contributed by atoms with Crippen LogP contribution in [-0.4, -0.2) is 15.0 Å². The van der Waals surface area contributed by atoms with E-state index in [9.17, 15) is 8.42 Å². The van der Waals surface area contributed by atoms with Crippen LogP contribution in [0.25, 0.3) is 0 Å². The molecule has 0 saturated carbocycles. The maximum atomic E-state index is 11.9. The van der Waals surface area contributed by atoms with Gasteiger partial charge in [0.25, 0.3) is 0 Å². The van der Waals surface area contributed by atoms with Gasteiger partial charge in [-0.15, -0.1) is 0 Å². The third-order valence-electron chi connectivity index (χ3n) is 3.06. The van der Waals surface area contributed by atoms with Crippen molar-refractivity contribution in [3.05, 3.63) is 30.3 Å². The third kappa shape index (κ3) is 6.69. The van der Waals surface area contributed by atoms with E-state index in [2.05, 4.69) is 10.8 Å². The van der Waals surface area contributed by atoms with Gasteiger partial charge in [-0.3, -0.25) is 0 Å². The molecule has 0 aliphatic carbocycles. The Balaban J connectivity index is 2.11. The topological polar surface area (TPSA) is 70.0 Å².